The summed E-state index contributed by atoms with van der Waals surface area (Å²) in [6.07, 6.45) is 9.70. The molecule has 0 aromatic heterocycles. The van der Waals surface area contributed by atoms with Gasteiger partial charge in [-0.15, -0.1) is 0 Å². The first-order valence-electron chi connectivity index (χ1n) is 7.34. The lowest BCUT2D eigenvalue weighted by atomic mass is 9.92. The van der Waals surface area contributed by atoms with Crippen LogP contribution in [-0.2, 0) is 9.84 Å². The van der Waals surface area contributed by atoms with Gasteiger partial charge in [0.1, 0.15) is 9.84 Å². The Labute approximate surface area is 116 Å². The standard InChI is InChI=1S/C14H24N2O2S/c1-19(17,18)14-8-4-7-13(11-14)16(10-9-15)12-5-2-3-6-12/h12-14H,2-8,10-11H2,1H3. The Morgan fingerprint density at radius 1 is 1.11 bits per heavy atom. The van der Waals surface area contributed by atoms with Gasteiger partial charge >= 0.3 is 0 Å². The number of sulfone groups is 1. The summed E-state index contributed by atoms with van der Waals surface area (Å²) in [4.78, 5) is 2.30. The van der Waals surface area contributed by atoms with Gasteiger partial charge in [-0.05, 0) is 32.1 Å². The summed E-state index contributed by atoms with van der Waals surface area (Å²) >= 11 is 0. The van der Waals surface area contributed by atoms with Crippen molar-refractivity contribution in [3.63, 3.8) is 0 Å². The molecule has 0 radical (unpaired) electrons. The Morgan fingerprint density at radius 3 is 2.32 bits per heavy atom. The molecule has 5 heteroatoms. The van der Waals surface area contributed by atoms with Gasteiger partial charge in [-0.1, -0.05) is 19.3 Å². The first-order chi connectivity index (χ1) is 9.02. The summed E-state index contributed by atoms with van der Waals surface area (Å²) in [5.74, 6) is 0. The van der Waals surface area contributed by atoms with Gasteiger partial charge in [0.2, 0.25) is 0 Å². The minimum atomic E-state index is -2.94. The van der Waals surface area contributed by atoms with Crippen molar-refractivity contribution in [2.45, 2.75) is 68.7 Å². The smallest absolute Gasteiger partial charge is 0.150 e. The quantitative estimate of drug-likeness (QED) is 0.742. The van der Waals surface area contributed by atoms with Gasteiger partial charge in [0.05, 0.1) is 17.9 Å². The Kier molecular flexibility index (Phi) is 4.86. The molecule has 0 aromatic rings. The van der Waals surface area contributed by atoms with Crippen LogP contribution < -0.4 is 0 Å². The summed E-state index contributed by atoms with van der Waals surface area (Å²) in [5, 5.41) is 8.84. The zero-order valence-electron chi connectivity index (χ0n) is 11.7. The maximum atomic E-state index is 11.8. The lowest BCUT2D eigenvalue weighted by molar-refractivity contribution is 0.123. The third-order valence-electron chi connectivity index (χ3n) is 4.72. The number of nitrogens with zero attached hydrogens (tertiary/aromatic N) is 2. The van der Waals surface area contributed by atoms with Crippen molar-refractivity contribution < 1.29 is 8.42 Å². The van der Waals surface area contributed by atoms with Gasteiger partial charge < -0.3 is 0 Å². The van der Waals surface area contributed by atoms with E-state index in [1.165, 1.54) is 31.9 Å². The molecule has 0 spiro atoms. The van der Waals surface area contributed by atoms with Crippen LogP contribution in [0.4, 0.5) is 0 Å². The van der Waals surface area contributed by atoms with Crippen LogP contribution in [0.5, 0.6) is 0 Å². The van der Waals surface area contributed by atoms with Crippen molar-refractivity contribution in [1.29, 1.82) is 5.26 Å². The van der Waals surface area contributed by atoms with E-state index >= 15 is 0 Å². The summed E-state index contributed by atoms with van der Waals surface area (Å²) in [7, 11) is -2.94. The van der Waals surface area contributed by atoms with E-state index in [1.807, 2.05) is 0 Å². The Balaban J connectivity index is 2.06. The van der Waals surface area contributed by atoms with E-state index in [4.69, 9.17) is 5.26 Å². The van der Waals surface area contributed by atoms with E-state index < -0.39 is 9.84 Å². The van der Waals surface area contributed by atoms with Gasteiger partial charge in [0, 0.05) is 18.3 Å². The molecule has 2 rings (SSSR count). The zero-order valence-corrected chi connectivity index (χ0v) is 12.5. The molecule has 2 fully saturated rings. The Hall–Kier alpha value is -0.600. The average molecular weight is 284 g/mol. The van der Waals surface area contributed by atoms with Crippen LogP contribution in [0, 0.1) is 11.3 Å². The predicted molar refractivity (Wildman–Crippen MR) is 75.5 cm³/mol. The van der Waals surface area contributed by atoms with Gasteiger partial charge in [0.15, 0.2) is 0 Å². The minimum Gasteiger partial charge on any atom is -0.285 e. The van der Waals surface area contributed by atoms with Crippen molar-refractivity contribution >= 4 is 9.84 Å². The minimum absolute atomic E-state index is 0.200. The molecule has 0 saturated heterocycles. The Morgan fingerprint density at radius 2 is 1.74 bits per heavy atom. The molecule has 0 amide bonds. The van der Waals surface area contributed by atoms with E-state index in [9.17, 15) is 8.42 Å². The van der Waals surface area contributed by atoms with Gasteiger partial charge in [-0.25, -0.2) is 8.42 Å². The largest absolute Gasteiger partial charge is 0.285 e. The van der Waals surface area contributed by atoms with Gasteiger partial charge in [-0.3, -0.25) is 4.90 Å². The summed E-state index contributed by atoms with van der Waals surface area (Å²) in [6, 6.07) is 3.06. The number of hydrogen-bond donors (Lipinski definition) is 0. The van der Waals surface area contributed by atoms with Crippen molar-refractivity contribution in [1.82, 2.24) is 4.90 Å². The molecule has 2 saturated carbocycles. The number of hydrogen-bond acceptors (Lipinski definition) is 4. The number of nitriles is 1. The van der Waals surface area contributed by atoms with E-state index in [-0.39, 0.29) is 11.3 Å². The van der Waals surface area contributed by atoms with Gasteiger partial charge in [-0.2, -0.15) is 5.26 Å². The van der Waals surface area contributed by atoms with E-state index in [2.05, 4.69) is 11.0 Å². The molecule has 4 nitrogen and oxygen atoms in total. The van der Waals surface area contributed by atoms with Crippen molar-refractivity contribution in [2.24, 2.45) is 0 Å². The molecule has 19 heavy (non-hydrogen) atoms. The normalized spacial score (nSPS) is 29.5. The summed E-state index contributed by atoms with van der Waals surface area (Å²) in [5.41, 5.74) is 0. The molecule has 0 N–H and O–H groups in total. The molecule has 108 valence electrons. The lowest BCUT2D eigenvalue weighted by Gasteiger charge is -2.39. The zero-order chi connectivity index (χ0) is 13.9. The Bertz CT molecular complexity index is 435. The second-order valence-corrected chi connectivity index (χ2v) is 8.37. The number of rotatable bonds is 4. The molecule has 2 aliphatic carbocycles. The third-order valence-corrected chi connectivity index (χ3v) is 6.36. The fraction of sp³-hybridized carbons (Fsp3) is 0.929. The molecule has 0 aromatic carbocycles. The molecule has 2 atom stereocenters. The monoisotopic (exact) mass is 284 g/mol. The topological polar surface area (TPSA) is 61.2 Å². The predicted octanol–water partition coefficient (Wildman–Crippen LogP) is 2.11. The van der Waals surface area contributed by atoms with Gasteiger partial charge in [0.25, 0.3) is 0 Å². The van der Waals surface area contributed by atoms with E-state index in [1.54, 1.807) is 0 Å². The molecular formula is C14H24N2O2S. The van der Waals surface area contributed by atoms with Crippen LogP contribution in [0.3, 0.4) is 0 Å². The highest BCUT2D eigenvalue weighted by atomic mass is 32.2. The average Bonchev–Trinajstić information content (AvgIpc) is 2.88. The van der Waals surface area contributed by atoms with Crippen molar-refractivity contribution in [2.75, 3.05) is 12.8 Å². The van der Waals surface area contributed by atoms with E-state index in [0.717, 1.165) is 25.7 Å². The molecule has 2 unspecified atom stereocenters. The maximum absolute atomic E-state index is 11.8. The molecule has 2 aliphatic rings. The molecular weight excluding hydrogens is 260 g/mol. The summed E-state index contributed by atoms with van der Waals surface area (Å²) < 4.78 is 23.5. The van der Waals surface area contributed by atoms with Crippen LogP contribution in [-0.4, -0.2) is 43.5 Å². The van der Waals surface area contributed by atoms with Crippen molar-refractivity contribution in [3.05, 3.63) is 0 Å². The van der Waals surface area contributed by atoms with Crippen LogP contribution in [0.1, 0.15) is 51.4 Å². The highest BCUT2D eigenvalue weighted by Crippen LogP contribution is 2.32. The first kappa shape index (κ1) is 14.8. The highest BCUT2D eigenvalue weighted by Gasteiger charge is 2.35. The van der Waals surface area contributed by atoms with Crippen LogP contribution in [0.2, 0.25) is 0 Å². The lowest BCUT2D eigenvalue weighted by Crippen LogP contribution is -2.46. The van der Waals surface area contributed by atoms with Crippen LogP contribution in [0.15, 0.2) is 0 Å². The van der Waals surface area contributed by atoms with E-state index in [0.29, 0.717) is 12.6 Å². The molecule has 0 bridgehead atoms. The third kappa shape index (κ3) is 3.70. The molecule has 0 heterocycles. The van der Waals surface area contributed by atoms with Crippen molar-refractivity contribution in [3.8, 4) is 6.07 Å². The highest BCUT2D eigenvalue weighted by molar-refractivity contribution is 7.91. The maximum Gasteiger partial charge on any atom is 0.150 e. The first-order valence-corrected chi connectivity index (χ1v) is 9.29. The summed E-state index contributed by atoms with van der Waals surface area (Å²) in [6.45, 7) is 0.450. The van der Waals surface area contributed by atoms with Crippen LogP contribution >= 0.6 is 0 Å². The molecule has 0 aliphatic heterocycles. The fourth-order valence-electron chi connectivity index (χ4n) is 3.68. The SMILES string of the molecule is CS(=O)(=O)C1CCCC(N(CC#N)C2CCCC2)C1. The fourth-order valence-corrected chi connectivity index (χ4v) is 4.85. The second kappa shape index (κ2) is 6.23. The second-order valence-electron chi connectivity index (χ2n) is 6.04. The van der Waals surface area contributed by atoms with Crippen LogP contribution in [0.25, 0.3) is 0 Å².